The second kappa shape index (κ2) is 10.4. The molecule has 0 radical (unpaired) electrons. The number of rotatable bonds is 7. The number of carbonyl (C=O) groups excluding carboxylic acids is 1. The number of carbonyl (C=O) groups is 1. The van der Waals surface area contributed by atoms with Crippen molar-refractivity contribution in [2.24, 2.45) is 10.9 Å². The first-order valence-corrected chi connectivity index (χ1v) is 10.2. The quantitative estimate of drug-likeness (QED) is 0.427. The van der Waals surface area contributed by atoms with E-state index in [4.69, 9.17) is 14.2 Å². The second-order valence-electron chi connectivity index (χ2n) is 7.87. The first kappa shape index (κ1) is 22.8. The number of piperidine rings is 1. The Morgan fingerprint density at radius 2 is 1.86 bits per heavy atom. The lowest BCUT2D eigenvalue weighted by molar-refractivity contribution is -0.149. The van der Waals surface area contributed by atoms with Gasteiger partial charge in [-0.15, -0.1) is 0 Å². The fourth-order valence-electron chi connectivity index (χ4n) is 3.58. The standard InChI is InChI=1S/C22H35N3O4/c1-7-29-20(26)16-10-12-25(13-11-16)21(23-4)24-15-22(2,3)17-8-9-18(27-5)19(14-17)28-6/h8-9,14,16H,7,10-13,15H2,1-6H3,(H,23,24). The zero-order valence-electron chi connectivity index (χ0n) is 18.6. The van der Waals surface area contributed by atoms with Crippen molar-refractivity contribution in [2.75, 3.05) is 47.5 Å². The summed E-state index contributed by atoms with van der Waals surface area (Å²) in [5.41, 5.74) is 1.01. The first-order chi connectivity index (χ1) is 13.9. The van der Waals surface area contributed by atoms with Crippen LogP contribution in [0.15, 0.2) is 23.2 Å². The summed E-state index contributed by atoms with van der Waals surface area (Å²) >= 11 is 0. The molecule has 7 heteroatoms. The summed E-state index contributed by atoms with van der Waals surface area (Å²) in [7, 11) is 5.08. The van der Waals surface area contributed by atoms with Crippen LogP contribution >= 0.6 is 0 Å². The van der Waals surface area contributed by atoms with Crippen molar-refractivity contribution in [2.45, 2.75) is 39.0 Å². The molecule has 162 valence electrons. The predicted molar refractivity (Wildman–Crippen MR) is 115 cm³/mol. The van der Waals surface area contributed by atoms with Crippen LogP contribution in [0.3, 0.4) is 0 Å². The van der Waals surface area contributed by atoms with E-state index in [1.165, 1.54) is 0 Å². The number of nitrogens with zero attached hydrogens (tertiary/aromatic N) is 2. The van der Waals surface area contributed by atoms with E-state index >= 15 is 0 Å². The lowest BCUT2D eigenvalue weighted by Gasteiger charge is -2.35. The SMILES string of the molecule is CCOC(=O)C1CCN(C(=NC)NCC(C)(C)c2ccc(OC)c(OC)c2)CC1. The van der Waals surface area contributed by atoms with Crippen molar-refractivity contribution >= 4 is 11.9 Å². The Hall–Kier alpha value is -2.44. The molecule has 0 aromatic heterocycles. The first-order valence-electron chi connectivity index (χ1n) is 10.2. The van der Waals surface area contributed by atoms with Crippen molar-refractivity contribution in [3.05, 3.63) is 23.8 Å². The molecule has 1 heterocycles. The molecule has 2 rings (SSSR count). The van der Waals surface area contributed by atoms with Crippen LogP contribution in [0.1, 0.15) is 39.2 Å². The third-order valence-corrected chi connectivity index (χ3v) is 5.48. The highest BCUT2D eigenvalue weighted by Gasteiger charge is 2.28. The lowest BCUT2D eigenvalue weighted by Crippen LogP contribution is -2.49. The lowest BCUT2D eigenvalue weighted by atomic mass is 9.84. The minimum Gasteiger partial charge on any atom is -0.493 e. The molecule has 0 spiro atoms. The molecule has 1 aromatic carbocycles. The van der Waals surface area contributed by atoms with Crippen molar-refractivity contribution in [1.82, 2.24) is 10.2 Å². The van der Waals surface area contributed by atoms with Crippen LogP contribution in [0.5, 0.6) is 11.5 Å². The summed E-state index contributed by atoms with van der Waals surface area (Å²) in [6, 6.07) is 6.02. The number of aliphatic imine (C=N–C) groups is 1. The Labute approximate surface area is 174 Å². The molecule has 1 aliphatic heterocycles. The number of guanidine groups is 1. The van der Waals surface area contributed by atoms with E-state index in [0.29, 0.717) is 13.2 Å². The van der Waals surface area contributed by atoms with E-state index < -0.39 is 0 Å². The number of methoxy groups -OCH3 is 2. The van der Waals surface area contributed by atoms with Crippen molar-refractivity contribution in [3.63, 3.8) is 0 Å². The average molecular weight is 406 g/mol. The Balaban J connectivity index is 1.97. The van der Waals surface area contributed by atoms with Gasteiger partial charge in [-0.3, -0.25) is 9.79 Å². The van der Waals surface area contributed by atoms with E-state index in [1.807, 2.05) is 19.1 Å². The van der Waals surface area contributed by atoms with Crippen molar-refractivity contribution in [1.29, 1.82) is 0 Å². The molecule has 0 aliphatic carbocycles. The fraction of sp³-hybridized carbons (Fsp3) is 0.636. The van der Waals surface area contributed by atoms with Gasteiger partial charge in [0, 0.05) is 32.1 Å². The van der Waals surface area contributed by atoms with E-state index in [-0.39, 0.29) is 17.3 Å². The number of esters is 1. The third kappa shape index (κ3) is 5.78. The maximum atomic E-state index is 12.0. The number of hydrogen-bond acceptors (Lipinski definition) is 5. The summed E-state index contributed by atoms with van der Waals surface area (Å²) in [6.07, 6.45) is 1.58. The van der Waals surface area contributed by atoms with Crippen LogP contribution in [0.25, 0.3) is 0 Å². The minimum absolute atomic E-state index is 0.00693. The van der Waals surface area contributed by atoms with Gasteiger partial charge in [0.2, 0.25) is 0 Å². The van der Waals surface area contributed by atoms with Crippen LogP contribution in [0.4, 0.5) is 0 Å². The number of ether oxygens (including phenoxy) is 3. The molecule has 0 bridgehead atoms. The van der Waals surface area contributed by atoms with E-state index in [2.05, 4.69) is 35.1 Å². The van der Waals surface area contributed by atoms with E-state index in [9.17, 15) is 4.79 Å². The normalized spacial score (nSPS) is 15.8. The summed E-state index contributed by atoms with van der Waals surface area (Å²) in [5, 5.41) is 3.50. The largest absolute Gasteiger partial charge is 0.493 e. The molecule has 1 saturated heterocycles. The Bertz CT molecular complexity index is 710. The van der Waals surface area contributed by atoms with Gasteiger partial charge in [-0.05, 0) is 37.5 Å². The number of benzene rings is 1. The molecule has 0 atom stereocenters. The maximum Gasteiger partial charge on any atom is 0.309 e. The zero-order valence-corrected chi connectivity index (χ0v) is 18.6. The Kier molecular flexibility index (Phi) is 8.17. The average Bonchev–Trinajstić information content (AvgIpc) is 2.74. The molecule has 0 unspecified atom stereocenters. The van der Waals surface area contributed by atoms with Gasteiger partial charge in [-0.1, -0.05) is 19.9 Å². The second-order valence-corrected chi connectivity index (χ2v) is 7.87. The zero-order chi connectivity index (χ0) is 21.4. The number of likely N-dealkylation sites (tertiary alicyclic amines) is 1. The minimum atomic E-state index is -0.140. The van der Waals surface area contributed by atoms with Gasteiger partial charge in [-0.2, -0.15) is 0 Å². The molecule has 1 aromatic rings. The molecule has 7 nitrogen and oxygen atoms in total. The number of nitrogens with one attached hydrogen (secondary N) is 1. The smallest absolute Gasteiger partial charge is 0.309 e. The van der Waals surface area contributed by atoms with Gasteiger partial charge >= 0.3 is 5.97 Å². The van der Waals surface area contributed by atoms with Gasteiger partial charge < -0.3 is 24.4 Å². The molecule has 1 fully saturated rings. The van der Waals surface area contributed by atoms with Crippen molar-refractivity contribution < 1.29 is 19.0 Å². The van der Waals surface area contributed by atoms with Crippen LogP contribution in [0, 0.1) is 5.92 Å². The van der Waals surface area contributed by atoms with Crippen LogP contribution in [0.2, 0.25) is 0 Å². The predicted octanol–water partition coefficient (Wildman–Crippen LogP) is 2.83. The maximum absolute atomic E-state index is 12.0. The third-order valence-electron chi connectivity index (χ3n) is 5.48. The summed E-state index contributed by atoms with van der Waals surface area (Å²) in [4.78, 5) is 18.6. The molecule has 0 saturated carbocycles. The summed E-state index contributed by atoms with van der Waals surface area (Å²) in [6.45, 7) is 8.95. The molecule has 0 amide bonds. The molecular formula is C22H35N3O4. The topological polar surface area (TPSA) is 72.4 Å². The van der Waals surface area contributed by atoms with Gasteiger partial charge in [0.1, 0.15) is 0 Å². The highest BCUT2D eigenvalue weighted by molar-refractivity contribution is 5.80. The van der Waals surface area contributed by atoms with Gasteiger partial charge in [-0.25, -0.2) is 0 Å². The molecule has 29 heavy (non-hydrogen) atoms. The van der Waals surface area contributed by atoms with Gasteiger partial charge in [0.15, 0.2) is 17.5 Å². The van der Waals surface area contributed by atoms with Gasteiger partial charge in [0.25, 0.3) is 0 Å². The van der Waals surface area contributed by atoms with E-state index in [0.717, 1.165) is 49.0 Å². The van der Waals surface area contributed by atoms with Crippen molar-refractivity contribution in [3.8, 4) is 11.5 Å². The Morgan fingerprint density at radius 3 is 2.41 bits per heavy atom. The highest BCUT2D eigenvalue weighted by Crippen LogP contribution is 2.33. The molecule has 1 aliphatic rings. The molecular weight excluding hydrogens is 370 g/mol. The monoisotopic (exact) mass is 405 g/mol. The van der Waals surface area contributed by atoms with Gasteiger partial charge in [0.05, 0.1) is 26.7 Å². The highest BCUT2D eigenvalue weighted by atomic mass is 16.5. The number of hydrogen-bond donors (Lipinski definition) is 1. The fourth-order valence-corrected chi connectivity index (χ4v) is 3.58. The summed E-state index contributed by atoms with van der Waals surface area (Å²) < 4.78 is 15.9. The van der Waals surface area contributed by atoms with Crippen LogP contribution < -0.4 is 14.8 Å². The van der Waals surface area contributed by atoms with E-state index in [1.54, 1.807) is 21.3 Å². The molecule has 1 N–H and O–H groups in total. The summed E-state index contributed by atoms with van der Waals surface area (Å²) in [5.74, 6) is 2.22. The van der Waals surface area contributed by atoms with Crippen LogP contribution in [-0.2, 0) is 14.9 Å². The van der Waals surface area contributed by atoms with Crippen LogP contribution in [-0.4, -0.2) is 64.3 Å². The Morgan fingerprint density at radius 1 is 1.21 bits per heavy atom.